The zero-order chi connectivity index (χ0) is 16.1. The Hall–Kier alpha value is -3.24. The molecule has 0 aliphatic rings. The van der Waals surface area contributed by atoms with Crippen molar-refractivity contribution in [2.45, 2.75) is 0 Å². The zero-order valence-electron chi connectivity index (χ0n) is 12.2. The van der Waals surface area contributed by atoms with Crippen molar-refractivity contribution in [3.05, 3.63) is 75.5 Å². The Morgan fingerprint density at radius 2 is 1.96 bits per heavy atom. The van der Waals surface area contributed by atoms with Crippen molar-refractivity contribution in [1.29, 1.82) is 0 Å². The van der Waals surface area contributed by atoms with Gasteiger partial charge in [-0.15, -0.1) is 0 Å². The molecule has 0 bridgehead atoms. The van der Waals surface area contributed by atoms with Crippen molar-refractivity contribution in [3.63, 3.8) is 0 Å². The molecule has 23 heavy (non-hydrogen) atoms. The zero-order valence-corrected chi connectivity index (χ0v) is 12.2. The van der Waals surface area contributed by atoms with Crippen molar-refractivity contribution in [2.75, 3.05) is 13.2 Å². The van der Waals surface area contributed by atoms with Gasteiger partial charge in [-0.1, -0.05) is 35.4 Å². The maximum atomic E-state index is 11.8. The van der Waals surface area contributed by atoms with Crippen LogP contribution in [0.2, 0.25) is 0 Å². The van der Waals surface area contributed by atoms with Crippen molar-refractivity contribution >= 4 is 11.0 Å². The predicted molar refractivity (Wildman–Crippen MR) is 87.4 cm³/mol. The number of fused-ring (bicyclic) bond motifs is 1. The van der Waals surface area contributed by atoms with Crippen LogP contribution < -0.4 is 10.4 Å². The molecule has 1 heterocycles. The molecule has 6 heteroatoms. The third-order valence-corrected chi connectivity index (χ3v) is 3.32. The molecule has 0 unspecified atom stereocenters. The maximum Gasteiger partial charge on any atom is 0.336 e. The van der Waals surface area contributed by atoms with E-state index in [4.69, 9.17) is 14.7 Å². The smallest absolute Gasteiger partial charge is 0.336 e. The predicted octanol–water partition coefficient (Wildman–Crippen LogP) is 4.15. The highest BCUT2D eigenvalue weighted by Gasteiger charge is 2.08. The maximum absolute atomic E-state index is 11.8. The number of ether oxygens (including phenoxy) is 1. The molecule has 6 nitrogen and oxygen atoms in total. The molecule has 0 radical (unpaired) electrons. The first-order valence-corrected chi connectivity index (χ1v) is 7.05. The van der Waals surface area contributed by atoms with E-state index < -0.39 is 5.63 Å². The van der Waals surface area contributed by atoms with E-state index in [1.54, 1.807) is 12.1 Å². The fourth-order valence-corrected chi connectivity index (χ4v) is 2.34. The summed E-state index contributed by atoms with van der Waals surface area (Å²) in [6.07, 6.45) is 0. The molecule has 0 aliphatic heterocycles. The molecule has 0 atom stereocenters. The van der Waals surface area contributed by atoms with Gasteiger partial charge in [0.05, 0.1) is 13.2 Å². The van der Waals surface area contributed by atoms with Gasteiger partial charge in [-0.2, -0.15) is 0 Å². The molecule has 2 aromatic carbocycles. The molecule has 0 fully saturated rings. The minimum absolute atomic E-state index is 0.239. The third-order valence-electron chi connectivity index (χ3n) is 3.32. The standard InChI is InChI=1S/C17H13N3O3/c18-20-19-8-9-22-13-6-7-14-15(12-4-2-1-3-5-12)11-17(21)23-16(14)10-13/h1-7,10-11H,8-9H2. The van der Waals surface area contributed by atoms with Crippen LogP contribution in [0.1, 0.15) is 0 Å². The van der Waals surface area contributed by atoms with E-state index in [2.05, 4.69) is 10.0 Å². The topological polar surface area (TPSA) is 88.2 Å². The van der Waals surface area contributed by atoms with Crippen molar-refractivity contribution in [1.82, 2.24) is 0 Å². The molecular weight excluding hydrogens is 294 g/mol. The molecule has 3 rings (SSSR count). The molecule has 0 N–H and O–H groups in total. The molecule has 0 saturated carbocycles. The van der Waals surface area contributed by atoms with E-state index in [1.165, 1.54) is 6.07 Å². The van der Waals surface area contributed by atoms with Crippen LogP contribution in [0.4, 0.5) is 0 Å². The fourth-order valence-electron chi connectivity index (χ4n) is 2.34. The van der Waals surface area contributed by atoms with Gasteiger partial charge in [0.1, 0.15) is 11.3 Å². The molecule has 114 valence electrons. The number of nitrogens with zero attached hydrogens (tertiary/aromatic N) is 3. The number of hydrogen-bond acceptors (Lipinski definition) is 4. The second-order valence-electron chi connectivity index (χ2n) is 4.81. The average molecular weight is 307 g/mol. The first kappa shape index (κ1) is 14.7. The molecule has 1 aromatic heterocycles. The SMILES string of the molecule is [N-]=[N+]=NCCOc1ccc2c(-c3ccccc3)cc(=O)oc2c1. The quantitative estimate of drug-likeness (QED) is 0.233. The van der Waals surface area contributed by atoms with Crippen LogP contribution >= 0.6 is 0 Å². The van der Waals surface area contributed by atoms with Crippen LogP contribution in [0.15, 0.2) is 68.9 Å². The Morgan fingerprint density at radius 3 is 2.74 bits per heavy atom. The lowest BCUT2D eigenvalue weighted by atomic mass is 10.0. The van der Waals surface area contributed by atoms with Gasteiger partial charge < -0.3 is 9.15 Å². The van der Waals surface area contributed by atoms with Gasteiger partial charge in [0.2, 0.25) is 0 Å². The Morgan fingerprint density at radius 1 is 1.13 bits per heavy atom. The molecule has 0 aliphatic carbocycles. The number of benzene rings is 2. The Labute approximate surface area is 131 Å². The third kappa shape index (κ3) is 3.33. The first-order valence-electron chi connectivity index (χ1n) is 7.05. The van der Waals surface area contributed by atoms with Crippen LogP contribution in [0.5, 0.6) is 5.75 Å². The van der Waals surface area contributed by atoms with Crippen molar-refractivity contribution < 1.29 is 9.15 Å². The lowest BCUT2D eigenvalue weighted by Gasteiger charge is -2.08. The summed E-state index contributed by atoms with van der Waals surface area (Å²) >= 11 is 0. The second kappa shape index (κ2) is 6.68. The Balaban J connectivity index is 2.00. The van der Waals surface area contributed by atoms with E-state index in [9.17, 15) is 4.79 Å². The van der Waals surface area contributed by atoms with E-state index in [0.717, 1.165) is 16.5 Å². The number of azide groups is 1. The lowest BCUT2D eigenvalue weighted by molar-refractivity contribution is 0.328. The van der Waals surface area contributed by atoms with E-state index >= 15 is 0 Å². The van der Waals surface area contributed by atoms with Crippen molar-refractivity contribution in [2.24, 2.45) is 5.11 Å². The molecule has 0 spiro atoms. The monoisotopic (exact) mass is 307 g/mol. The summed E-state index contributed by atoms with van der Waals surface area (Å²) in [5.74, 6) is 0.555. The van der Waals surface area contributed by atoms with Crippen LogP contribution in [0.3, 0.4) is 0 Å². The van der Waals surface area contributed by atoms with Gasteiger partial charge in [-0.05, 0) is 28.8 Å². The molecule has 3 aromatic rings. The van der Waals surface area contributed by atoms with E-state index in [1.807, 2.05) is 36.4 Å². The number of rotatable bonds is 5. The number of hydrogen-bond donors (Lipinski definition) is 0. The molecule has 0 amide bonds. The Kier molecular flexibility index (Phi) is 4.27. The van der Waals surface area contributed by atoms with E-state index in [0.29, 0.717) is 11.3 Å². The fraction of sp³-hybridized carbons (Fsp3) is 0.118. The van der Waals surface area contributed by atoms with Gasteiger partial charge >= 0.3 is 5.63 Å². The highest BCUT2D eigenvalue weighted by molar-refractivity contribution is 5.93. The minimum Gasteiger partial charge on any atom is -0.493 e. The van der Waals surface area contributed by atoms with Crippen LogP contribution in [0, 0.1) is 0 Å². The summed E-state index contributed by atoms with van der Waals surface area (Å²) < 4.78 is 10.7. The van der Waals surface area contributed by atoms with Crippen LogP contribution in [-0.2, 0) is 0 Å². The minimum atomic E-state index is -0.414. The summed E-state index contributed by atoms with van der Waals surface area (Å²) in [6, 6.07) is 16.4. The summed E-state index contributed by atoms with van der Waals surface area (Å²) in [5, 5.41) is 4.23. The largest absolute Gasteiger partial charge is 0.493 e. The second-order valence-corrected chi connectivity index (χ2v) is 4.81. The average Bonchev–Trinajstić information content (AvgIpc) is 2.58. The summed E-state index contributed by atoms with van der Waals surface area (Å²) in [4.78, 5) is 14.5. The van der Waals surface area contributed by atoms with Crippen molar-refractivity contribution in [3.8, 4) is 16.9 Å². The van der Waals surface area contributed by atoms with Gasteiger partial charge in [0.15, 0.2) is 0 Å². The summed E-state index contributed by atoms with van der Waals surface area (Å²) in [6.45, 7) is 0.501. The highest BCUT2D eigenvalue weighted by Crippen LogP contribution is 2.29. The normalized spacial score (nSPS) is 10.3. The van der Waals surface area contributed by atoms with Crippen LogP contribution in [-0.4, -0.2) is 13.2 Å². The molecule has 0 saturated heterocycles. The van der Waals surface area contributed by atoms with Gasteiger partial charge in [-0.3, -0.25) is 0 Å². The highest BCUT2D eigenvalue weighted by atomic mass is 16.5. The van der Waals surface area contributed by atoms with Crippen LogP contribution in [0.25, 0.3) is 32.5 Å². The van der Waals surface area contributed by atoms with Gasteiger partial charge in [-0.25, -0.2) is 4.79 Å². The van der Waals surface area contributed by atoms with Gasteiger partial charge in [0, 0.05) is 22.4 Å². The summed E-state index contributed by atoms with van der Waals surface area (Å²) in [7, 11) is 0. The lowest BCUT2D eigenvalue weighted by Crippen LogP contribution is -2.01. The van der Waals surface area contributed by atoms with Gasteiger partial charge in [0.25, 0.3) is 0 Å². The summed E-state index contributed by atoms with van der Waals surface area (Å²) in [5.41, 5.74) is 10.0. The van der Waals surface area contributed by atoms with E-state index in [-0.39, 0.29) is 13.2 Å². The first-order chi connectivity index (χ1) is 11.3. The Bertz CT molecular complexity index is 929. The molecular formula is C17H13N3O3.